The minimum atomic E-state index is -1.05. The highest BCUT2D eigenvalue weighted by Gasteiger charge is 2.37. The Hall–Kier alpha value is -1.76. The molecule has 0 spiro atoms. The molecule has 1 aromatic rings. The topological polar surface area (TPSA) is 91.1 Å². The number of quaternary nitrogens is 1. The van der Waals surface area contributed by atoms with Crippen molar-refractivity contribution in [2.24, 2.45) is 23.7 Å². The molecule has 0 aromatic heterocycles. The molecule has 1 aliphatic carbocycles. The van der Waals surface area contributed by atoms with E-state index in [0.717, 1.165) is 12.8 Å². The fourth-order valence-electron chi connectivity index (χ4n) is 3.25. The average Bonchev–Trinajstić information content (AvgIpc) is 2.54. The van der Waals surface area contributed by atoms with Crippen molar-refractivity contribution in [3.05, 3.63) is 35.0 Å². The van der Waals surface area contributed by atoms with Gasteiger partial charge in [0.05, 0.1) is 11.5 Å². The predicted molar refractivity (Wildman–Crippen MR) is 87.7 cm³/mol. The van der Waals surface area contributed by atoms with E-state index in [2.05, 4.69) is 0 Å². The van der Waals surface area contributed by atoms with Crippen LogP contribution in [0.25, 0.3) is 0 Å². The zero-order chi connectivity index (χ0) is 17.9. The van der Waals surface area contributed by atoms with Gasteiger partial charge in [0.25, 0.3) is 0 Å². The summed E-state index contributed by atoms with van der Waals surface area (Å²) in [6.07, 6.45) is 1.86. The summed E-state index contributed by atoms with van der Waals surface area (Å²) < 4.78 is 5.33. The fourth-order valence-corrected chi connectivity index (χ4v) is 3.25. The first-order valence-electron chi connectivity index (χ1n) is 8.35. The molecule has 0 amide bonds. The van der Waals surface area contributed by atoms with Crippen LogP contribution in [0.5, 0.6) is 0 Å². The van der Waals surface area contributed by atoms with Gasteiger partial charge >= 0.3 is 5.97 Å². The summed E-state index contributed by atoms with van der Waals surface area (Å²) in [6, 6.07) is 5.58. The zero-order valence-electron chi connectivity index (χ0n) is 14.3. The van der Waals surface area contributed by atoms with Crippen molar-refractivity contribution in [2.75, 3.05) is 6.61 Å². The lowest BCUT2D eigenvalue weighted by molar-refractivity contribution is -0.991. The zero-order valence-corrected chi connectivity index (χ0v) is 14.3. The van der Waals surface area contributed by atoms with E-state index in [0.29, 0.717) is 5.92 Å². The molecule has 1 saturated carbocycles. The Morgan fingerprint density at radius 1 is 1.33 bits per heavy atom. The number of ether oxygens (including phenoxy) is 1. The van der Waals surface area contributed by atoms with E-state index < -0.39 is 11.2 Å². The van der Waals surface area contributed by atoms with Crippen LogP contribution in [0.2, 0.25) is 0 Å². The average molecular weight is 335 g/mol. The van der Waals surface area contributed by atoms with Gasteiger partial charge in [0.1, 0.15) is 12.4 Å². The van der Waals surface area contributed by atoms with E-state index in [9.17, 15) is 14.8 Å². The number of ketones is 1. The summed E-state index contributed by atoms with van der Waals surface area (Å²) >= 11 is 0. The van der Waals surface area contributed by atoms with Gasteiger partial charge in [-0.15, -0.1) is 0 Å². The van der Waals surface area contributed by atoms with Gasteiger partial charge in [-0.3, -0.25) is 4.79 Å². The fraction of sp³-hybridized carbons (Fsp3) is 0.556. The van der Waals surface area contributed by atoms with E-state index >= 15 is 0 Å². The first-order valence-corrected chi connectivity index (χ1v) is 8.35. The standard InChI is InChI=1S/C18H25NO5/c1-11(2)15-9-4-12(3)16(17(15)20)10-24-18(21)13-5-7-14(8-6-13)19(22)23/h5-8,11-12,15-16,19,22H,4,9-10H2,1-3H3/t12-,15-,16+/m0/s1. The van der Waals surface area contributed by atoms with Gasteiger partial charge in [-0.2, -0.15) is 5.23 Å². The Labute approximate surface area is 141 Å². The molecule has 0 aliphatic heterocycles. The highest BCUT2D eigenvalue weighted by atomic mass is 16.8. The molecule has 24 heavy (non-hydrogen) atoms. The Balaban J connectivity index is 1.98. The van der Waals surface area contributed by atoms with Crippen molar-refractivity contribution in [1.29, 1.82) is 0 Å². The lowest BCUT2D eigenvalue weighted by Gasteiger charge is -2.34. The molecule has 2 N–H and O–H groups in total. The maximum absolute atomic E-state index is 12.6. The summed E-state index contributed by atoms with van der Waals surface area (Å²) in [5, 5.41) is 18.6. The third-order valence-corrected chi connectivity index (χ3v) is 4.92. The van der Waals surface area contributed by atoms with Crippen LogP contribution in [0.1, 0.15) is 44.0 Å². The van der Waals surface area contributed by atoms with E-state index in [1.165, 1.54) is 24.3 Å². The largest absolute Gasteiger partial charge is 0.595 e. The van der Waals surface area contributed by atoms with Gasteiger partial charge in [0, 0.05) is 18.1 Å². The molecule has 6 nitrogen and oxygen atoms in total. The van der Waals surface area contributed by atoms with Gasteiger partial charge in [0.15, 0.2) is 5.69 Å². The first-order chi connectivity index (χ1) is 11.3. The van der Waals surface area contributed by atoms with Gasteiger partial charge in [-0.1, -0.05) is 20.8 Å². The van der Waals surface area contributed by atoms with Crippen molar-refractivity contribution in [3.8, 4) is 0 Å². The summed E-state index contributed by atoms with van der Waals surface area (Å²) in [5.74, 6) is -0.0500. The molecule has 4 atom stereocenters. The number of benzene rings is 1. The van der Waals surface area contributed by atoms with E-state index in [-0.39, 0.29) is 41.4 Å². The van der Waals surface area contributed by atoms with Crippen molar-refractivity contribution in [2.45, 2.75) is 33.6 Å². The van der Waals surface area contributed by atoms with Crippen LogP contribution < -0.4 is 5.23 Å². The summed E-state index contributed by atoms with van der Waals surface area (Å²) in [7, 11) is 0. The number of hydrogen-bond acceptors (Lipinski definition) is 5. The molecular weight excluding hydrogens is 310 g/mol. The smallest absolute Gasteiger partial charge is 0.338 e. The summed E-state index contributed by atoms with van der Waals surface area (Å²) in [6.45, 7) is 6.20. The van der Waals surface area contributed by atoms with Crippen LogP contribution in [0.15, 0.2) is 24.3 Å². The van der Waals surface area contributed by atoms with Gasteiger partial charge in [-0.25, -0.2) is 10.0 Å². The number of hydrogen-bond donors (Lipinski definition) is 2. The number of esters is 1. The lowest BCUT2D eigenvalue weighted by atomic mass is 9.70. The minimum absolute atomic E-state index is 0.0414. The van der Waals surface area contributed by atoms with Crippen LogP contribution >= 0.6 is 0 Å². The maximum Gasteiger partial charge on any atom is 0.338 e. The van der Waals surface area contributed by atoms with Gasteiger partial charge in [-0.05, 0) is 36.8 Å². The molecule has 0 heterocycles. The van der Waals surface area contributed by atoms with Crippen LogP contribution in [0.3, 0.4) is 0 Å². The number of rotatable bonds is 5. The molecule has 2 rings (SSSR count). The van der Waals surface area contributed by atoms with Crippen molar-refractivity contribution in [3.63, 3.8) is 0 Å². The molecule has 0 bridgehead atoms. The first kappa shape index (κ1) is 18.6. The van der Waals surface area contributed by atoms with E-state index in [4.69, 9.17) is 9.94 Å². The van der Waals surface area contributed by atoms with Crippen LogP contribution in [0, 0.1) is 28.9 Å². The van der Waals surface area contributed by atoms with Crippen molar-refractivity contribution < 1.29 is 24.8 Å². The number of carbonyl (C=O) groups is 2. The highest BCUT2D eigenvalue weighted by Crippen LogP contribution is 2.34. The Bertz CT molecular complexity index is 582. The van der Waals surface area contributed by atoms with Crippen molar-refractivity contribution in [1.82, 2.24) is 0 Å². The molecule has 0 radical (unpaired) electrons. The third kappa shape index (κ3) is 4.20. The molecule has 1 aliphatic rings. The molecular formula is C18H25NO5. The quantitative estimate of drug-likeness (QED) is 0.635. The molecule has 1 unspecified atom stereocenters. The molecule has 0 saturated heterocycles. The molecule has 6 heteroatoms. The predicted octanol–water partition coefficient (Wildman–Crippen LogP) is 2.13. The van der Waals surface area contributed by atoms with E-state index in [1.807, 2.05) is 20.8 Å². The normalized spacial score (nSPS) is 25.6. The van der Waals surface area contributed by atoms with Crippen LogP contribution in [-0.4, -0.2) is 23.6 Å². The second kappa shape index (κ2) is 7.88. The summed E-state index contributed by atoms with van der Waals surface area (Å²) in [5.41, 5.74) is 0.402. The summed E-state index contributed by atoms with van der Waals surface area (Å²) in [4.78, 5) is 24.7. The maximum atomic E-state index is 12.6. The van der Waals surface area contributed by atoms with Crippen molar-refractivity contribution >= 4 is 17.4 Å². The number of Topliss-reactive ketones (excluding diaryl/α,β-unsaturated/α-hetero) is 1. The second-order valence-corrected chi connectivity index (χ2v) is 6.89. The van der Waals surface area contributed by atoms with E-state index in [1.54, 1.807) is 0 Å². The highest BCUT2D eigenvalue weighted by molar-refractivity contribution is 5.90. The van der Waals surface area contributed by atoms with Crippen LogP contribution in [-0.2, 0) is 9.53 Å². The van der Waals surface area contributed by atoms with Gasteiger partial charge < -0.3 is 9.94 Å². The molecule has 1 fully saturated rings. The third-order valence-electron chi connectivity index (χ3n) is 4.92. The number of nitrogens with one attached hydrogen (secondary N) is 1. The minimum Gasteiger partial charge on any atom is -0.595 e. The lowest BCUT2D eigenvalue weighted by Crippen LogP contribution is -2.99. The monoisotopic (exact) mass is 335 g/mol. The Morgan fingerprint density at radius 3 is 2.50 bits per heavy atom. The Kier molecular flexibility index (Phi) is 6.10. The van der Waals surface area contributed by atoms with Crippen LogP contribution in [0.4, 0.5) is 5.69 Å². The SMILES string of the molecule is CC(C)[C@@H]1CC[C@H](C)[C@@H](COC(=O)c2ccc([NH+]([O-])O)cc2)C1=O. The second-order valence-electron chi connectivity index (χ2n) is 6.89. The molecule has 1 aromatic carbocycles. The Morgan fingerprint density at radius 2 is 1.96 bits per heavy atom. The molecule has 132 valence electrons. The number of carbonyl (C=O) groups excluding carboxylic acids is 2. The van der Waals surface area contributed by atoms with Gasteiger partial charge in [0.2, 0.25) is 0 Å².